The zero-order valence-electron chi connectivity index (χ0n) is 32.3. The van der Waals surface area contributed by atoms with E-state index in [1.807, 2.05) is 0 Å². The molecular weight excluding hydrogens is 671 g/mol. The summed E-state index contributed by atoms with van der Waals surface area (Å²) in [5, 5.41) is 18.3. The number of hydrogen-bond donors (Lipinski definition) is 3. The summed E-state index contributed by atoms with van der Waals surface area (Å²) < 4.78 is 32.6. The molecule has 0 aliphatic heterocycles. The standard InChI is InChI=1S/C40H75O10P/c1-3-5-7-9-11-13-15-17-18-20-22-24-26-28-30-32-40(44)50-38(36-49-51(45,46)48-34-37(42)33-41)35-47-39(43)31-29-27-25-23-21-19-16-14-12-10-8-6-4-2/h14,16-18,37-38,41-42H,3-13,15,19-36H2,1-2H3,(H,45,46)/t37-,38+/m0/s1. The van der Waals surface area contributed by atoms with E-state index in [9.17, 15) is 24.2 Å². The van der Waals surface area contributed by atoms with Crippen LogP contribution < -0.4 is 0 Å². The number of carbonyl (C=O) groups excluding carboxylic acids is 2. The number of phosphoric ester groups is 1. The molecule has 0 heterocycles. The van der Waals surface area contributed by atoms with Gasteiger partial charge in [0.15, 0.2) is 6.10 Å². The first-order chi connectivity index (χ1) is 24.7. The van der Waals surface area contributed by atoms with Crippen LogP contribution in [0.1, 0.15) is 181 Å². The molecule has 1 unspecified atom stereocenters. The van der Waals surface area contributed by atoms with Crippen LogP contribution in [0.4, 0.5) is 0 Å². The van der Waals surface area contributed by atoms with Crippen LogP contribution in [0.3, 0.4) is 0 Å². The molecule has 3 atom stereocenters. The smallest absolute Gasteiger partial charge is 0.462 e. The third-order valence-corrected chi connectivity index (χ3v) is 9.53. The molecule has 300 valence electrons. The van der Waals surface area contributed by atoms with Crippen LogP contribution in [0.15, 0.2) is 24.3 Å². The Morgan fingerprint density at radius 1 is 0.569 bits per heavy atom. The number of esters is 2. The van der Waals surface area contributed by atoms with Crippen molar-refractivity contribution in [2.75, 3.05) is 26.4 Å². The fraction of sp³-hybridized carbons (Fsp3) is 0.850. The summed E-state index contributed by atoms with van der Waals surface area (Å²) in [5.41, 5.74) is 0. The van der Waals surface area contributed by atoms with Crippen molar-refractivity contribution in [3.8, 4) is 0 Å². The Balaban J connectivity index is 4.36. The summed E-state index contributed by atoms with van der Waals surface area (Å²) in [6.07, 6.45) is 34.3. The summed E-state index contributed by atoms with van der Waals surface area (Å²) in [6.45, 7) is 2.34. The fourth-order valence-corrected chi connectivity index (χ4v) is 6.18. The lowest BCUT2D eigenvalue weighted by atomic mass is 10.1. The topological polar surface area (TPSA) is 149 Å². The molecule has 0 aliphatic carbocycles. The number of ether oxygens (including phenoxy) is 2. The monoisotopic (exact) mass is 747 g/mol. The highest BCUT2D eigenvalue weighted by molar-refractivity contribution is 7.47. The van der Waals surface area contributed by atoms with Gasteiger partial charge in [-0.1, -0.05) is 128 Å². The quantitative estimate of drug-likeness (QED) is 0.0241. The van der Waals surface area contributed by atoms with Gasteiger partial charge in [0.25, 0.3) is 0 Å². The number of allylic oxidation sites excluding steroid dienone is 4. The maximum absolute atomic E-state index is 12.6. The van der Waals surface area contributed by atoms with Gasteiger partial charge in [0.05, 0.1) is 19.8 Å². The minimum Gasteiger partial charge on any atom is -0.462 e. The molecular formula is C40H75O10P. The molecule has 51 heavy (non-hydrogen) atoms. The molecule has 0 spiro atoms. The van der Waals surface area contributed by atoms with Crippen molar-refractivity contribution in [3.05, 3.63) is 24.3 Å². The van der Waals surface area contributed by atoms with Gasteiger partial charge >= 0.3 is 19.8 Å². The van der Waals surface area contributed by atoms with E-state index in [1.54, 1.807) is 0 Å². The molecule has 0 aromatic rings. The molecule has 11 heteroatoms. The summed E-state index contributed by atoms with van der Waals surface area (Å²) in [6, 6.07) is 0. The Hall–Kier alpha value is -1.55. The number of aliphatic hydroxyl groups is 2. The maximum atomic E-state index is 12.6. The van der Waals surface area contributed by atoms with Crippen LogP contribution in [0.2, 0.25) is 0 Å². The minimum absolute atomic E-state index is 0.174. The van der Waals surface area contributed by atoms with E-state index in [4.69, 9.17) is 19.1 Å². The second kappa shape index (κ2) is 36.8. The minimum atomic E-state index is -4.61. The number of aliphatic hydroxyl groups excluding tert-OH is 2. The second-order valence-corrected chi connectivity index (χ2v) is 15.1. The molecule has 10 nitrogen and oxygen atoms in total. The van der Waals surface area contributed by atoms with E-state index in [-0.39, 0.29) is 19.4 Å². The van der Waals surface area contributed by atoms with Gasteiger partial charge in [-0.15, -0.1) is 0 Å². The molecule has 0 saturated carbocycles. The summed E-state index contributed by atoms with van der Waals surface area (Å²) in [5.74, 6) is -0.943. The molecule has 0 bridgehead atoms. The van der Waals surface area contributed by atoms with E-state index in [0.717, 1.165) is 77.0 Å². The van der Waals surface area contributed by atoms with Gasteiger partial charge in [0.2, 0.25) is 0 Å². The van der Waals surface area contributed by atoms with Gasteiger partial charge in [-0.3, -0.25) is 18.6 Å². The van der Waals surface area contributed by atoms with Gasteiger partial charge in [-0.25, -0.2) is 4.57 Å². The number of rotatable bonds is 38. The fourth-order valence-electron chi connectivity index (χ4n) is 5.39. The Morgan fingerprint density at radius 3 is 1.43 bits per heavy atom. The molecule has 0 fully saturated rings. The van der Waals surface area contributed by atoms with Crippen molar-refractivity contribution in [2.45, 2.75) is 193 Å². The average Bonchev–Trinajstić information content (AvgIpc) is 3.12. The van der Waals surface area contributed by atoms with Crippen molar-refractivity contribution >= 4 is 19.8 Å². The first kappa shape index (κ1) is 49.5. The van der Waals surface area contributed by atoms with E-state index in [0.29, 0.717) is 12.8 Å². The first-order valence-electron chi connectivity index (χ1n) is 20.3. The predicted octanol–water partition coefficient (Wildman–Crippen LogP) is 10.2. The second-order valence-electron chi connectivity index (χ2n) is 13.7. The van der Waals surface area contributed by atoms with Crippen molar-refractivity contribution in [1.29, 1.82) is 0 Å². The Bertz CT molecular complexity index is 910. The van der Waals surface area contributed by atoms with Crippen LogP contribution >= 0.6 is 7.82 Å². The first-order valence-corrected chi connectivity index (χ1v) is 21.8. The molecule has 0 aromatic carbocycles. The van der Waals surface area contributed by atoms with Crippen molar-refractivity contribution in [3.63, 3.8) is 0 Å². The number of hydrogen-bond acceptors (Lipinski definition) is 9. The third-order valence-electron chi connectivity index (χ3n) is 8.58. The van der Waals surface area contributed by atoms with Gasteiger partial charge in [-0.2, -0.15) is 0 Å². The summed E-state index contributed by atoms with van der Waals surface area (Å²) in [7, 11) is -4.61. The molecule has 0 aromatic heterocycles. The maximum Gasteiger partial charge on any atom is 0.472 e. The van der Waals surface area contributed by atoms with Crippen LogP contribution in [-0.2, 0) is 32.7 Å². The van der Waals surface area contributed by atoms with E-state index in [1.165, 1.54) is 64.2 Å². The highest BCUT2D eigenvalue weighted by atomic mass is 31.2. The molecule has 3 N–H and O–H groups in total. The van der Waals surface area contributed by atoms with Gasteiger partial charge in [-0.05, 0) is 64.2 Å². The zero-order valence-corrected chi connectivity index (χ0v) is 33.2. The normalized spacial score (nSPS) is 14.2. The van der Waals surface area contributed by atoms with Crippen LogP contribution in [0, 0.1) is 0 Å². The Morgan fingerprint density at radius 2 is 0.961 bits per heavy atom. The van der Waals surface area contributed by atoms with Crippen LogP contribution in [-0.4, -0.2) is 65.7 Å². The van der Waals surface area contributed by atoms with E-state index >= 15 is 0 Å². The van der Waals surface area contributed by atoms with Gasteiger partial charge in [0.1, 0.15) is 12.7 Å². The lowest BCUT2D eigenvalue weighted by Gasteiger charge is -2.20. The van der Waals surface area contributed by atoms with Crippen LogP contribution in [0.25, 0.3) is 0 Å². The Labute approximate surface area is 310 Å². The van der Waals surface area contributed by atoms with E-state index < -0.39 is 51.8 Å². The number of unbranched alkanes of at least 4 members (excludes halogenated alkanes) is 20. The lowest BCUT2D eigenvalue weighted by molar-refractivity contribution is -0.161. The summed E-state index contributed by atoms with van der Waals surface area (Å²) in [4.78, 5) is 34.9. The van der Waals surface area contributed by atoms with Crippen LogP contribution in [0.5, 0.6) is 0 Å². The molecule has 0 amide bonds. The zero-order chi connectivity index (χ0) is 37.7. The highest BCUT2D eigenvalue weighted by Gasteiger charge is 2.27. The van der Waals surface area contributed by atoms with Crippen molar-refractivity contribution in [1.82, 2.24) is 0 Å². The SMILES string of the molecule is CCCCCCC=CCCCCCCCC(=O)OC[C@H](COP(=O)(O)OC[C@@H](O)CO)OC(=O)CCCCCCCC=CCCCCCCCC. The number of carbonyl (C=O) groups is 2. The third kappa shape index (κ3) is 36.6. The average molecular weight is 747 g/mol. The van der Waals surface area contributed by atoms with Crippen molar-refractivity contribution in [2.24, 2.45) is 0 Å². The largest absolute Gasteiger partial charge is 0.472 e. The molecule has 0 aliphatic rings. The van der Waals surface area contributed by atoms with Gasteiger partial charge in [0, 0.05) is 12.8 Å². The van der Waals surface area contributed by atoms with E-state index in [2.05, 4.69) is 42.7 Å². The van der Waals surface area contributed by atoms with Gasteiger partial charge < -0.3 is 24.6 Å². The molecule has 0 saturated heterocycles. The lowest BCUT2D eigenvalue weighted by Crippen LogP contribution is -2.29. The summed E-state index contributed by atoms with van der Waals surface area (Å²) >= 11 is 0. The number of phosphoric acid groups is 1. The highest BCUT2D eigenvalue weighted by Crippen LogP contribution is 2.43. The van der Waals surface area contributed by atoms with Crippen molar-refractivity contribution < 1.29 is 47.8 Å². The molecule has 0 radical (unpaired) electrons. The Kier molecular flexibility index (Phi) is 35.7. The predicted molar refractivity (Wildman–Crippen MR) is 205 cm³/mol. The molecule has 0 rings (SSSR count).